The van der Waals surface area contributed by atoms with Gasteiger partial charge in [-0.2, -0.15) is 0 Å². The molecule has 9 aromatic carbocycles. The minimum Gasteiger partial charge on any atom is -0.376 e. The zero-order valence-corrected chi connectivity index (χ0v) is 51.2. The van der Waals surface area contributed by atoms with E-state index in [1.165, 1.54) is 127 Å². The maximum atomic E-state index is 2.79. The third kappa shape index (κ3) is 7.46. The van der Waals surface area contributed by atoms with E-state index in [1.807, 2.05) is 11.3 Å². The van der Waals surface area contributed by atoms with Crippen molar-refractivity contribution in [1.82, 2.24) is 0 Å². The van der Waals surface area contributed by atoms with Crippen LogP contribution in [0.15, 0.2) is 176 Å². The summed E-state index contributed by atoms with van der Waals surface area (Å²) in [5.74, 6) is 0. The minimum atomic E-state index is -0.284. The molecule has 0 unspecified atom stereocenters. The maximum absolute atomic E-state index is 2.79. The van der Waals surface area contributed by atoms with Gasteiger partial charge >= 0.3 is 6.85 Å². The summed E-state index contributed by atoms with van der Waals surface area (Å²) in [7, 11) is 0. The number of thiophene rings is 1. The van der Waals surface area contributed by atoms with Crippen LogP contribution in [0.5, 0.6) is 0 Å². The molecule has 3 nitrogen and oxygen atoms in total. The highest BCUT2D eigenvalue weighted by Gasteiger charge is 2.52. The first kappa shape index (κ1) is 51.5. The summed E-state index contributed by atoms with van der Waals surface area (Å²) in [5.41, 5.74) is 28.0. The summed E-state index contributed by atoms with van der Waals surface area (Å²) in [4.78, 5) is 7.96. The summed E-state index contributed by atoms with van der Waals surface area (Å²) in [6.45, 7) is 31.8. The van der Waals surface area contributed by atoms with Crippen molar-refractivity contribution in [2.24, 2.45) is 0 Å². The molecular formula is C77H76BN3S. The molecule has 0 saturated heterocycles. The number of hydrogen-bond acceptors (Lipinski definition) is 4. The average Bonchev–Trinajstić information content (AvgIpc) is 1.39. The highest BCUT2D eigenvalue weighted by Crippen LogP contribution is 2.60. The molecule has 0 amide bonds. The molecule has 0 radical (unpaired) electrons. The van der Waals surface area contributed by atoms with Gasteiger partial charge < -0.3 is 14.6 Å². The molecule has 3 heterocycles. The first-order chi connectivity index (χ1) is 39.0. The van der Waals surface area contributed by atoms with E-state index >= 15 is 0 Å². The van der Waals surface area contributed by atoms with Gasteiger partial charge in [-0.3, -0.25) is 0 Å². The summed E-state index contributed by atoms with van der Waals surface area (Å²) in [6.07, 6.45) is 4.65. The molecule has 5 heteroatoms. The molecule has 3 aliphatic carbocycles. The highest BCUT2D eigenvalue weighted by atomic mass is 32.1. The quantitative estimate of drug-likeness (QED) is 0.159. The van der Waals surface area contributed by atoms with Crippen molar-refractivity contribution in [2.75, 3.05) is 14.6 Å². The summed E-state index contributed by atoms with van der Waals surface area (Å²) in [5, 5.41) is 2.58. The van der Waals surface area contributed by atoms with Crippen molar-refractivity contribution >= 4 is 94.8 Å². The van der Waals surface area contributed by atoms with Crippen LogP contribution in [0, 0.1) is 0 Å². The van der Waals surface area contributed by atoms with Crippen LogP contribution >= 0.6 is 11.3 Å². The molecule has 5 aliphatic rings. The van der Waals surface area contributed by atoms with Crippen molar-refractivity contribution in [3.05, 3.63) is 215 Å². The zero-order valence-electron chi connectivity index (χ0n) is 50.4. The van der Waals surface area contributed by atoms with E-state index in [1.54, 1.807) is 0 Å². The molecular weight excluding hydrogens is 1010 g/mol. The lowest BCUT2D eigenvalue weighted by Gasteiger charge is -2.49. The van der Waals surface area contributed by atoms with Gasteiger partial charge in [0.05, 0.1) is 0 Å². The molecule has 2 aliphatic heterocycles. The fourth-order valence-electron chi connectivity index (χ4n) is 15.8. The Morgan fingerprint density at radius 3 is 1.66 bits per heavy atom. The number of anilines is 8. The second-order valence-electron chi connectivity index (χ2n) is 29.1. The fourth-order valence-corrected chi connectivity index (χ4v) is 16.9. The van der Waals surface area contributed by atoms with Crippen molar-refractivity contribution in [2.45, 2.75) is 148 Å². The van der Waals surface area contributed by atoms with E-state index in [2.05, 4.69) is 281 Å². The average molecular weight is 1090 g/mol. The second kappa shape index (κ2) is 17.4. The Labute approximate surface area is 491 Å². The molecule has 0 saturated carbocycles. The van der Waals surface area contributed by atoms with Gasteiger partial charge in [0.1, 0.15) is 0 Å². The van der Waals surface area contributed by atoms with Crippen LogP contribution in [0.2, 0.25) is 0 Å². The summed E-state index contributed by atoms with van der Waals surface area (Å²) >= 11 is 1.93. The number of benzene rings is 9. The topological polar surface area (TPSA) is 9.72 Å². The van der Waals surface area contributed by atoms with Crippen LogP contribution in [0.3, 0.4) is 0 Å². The molecule has 15 rings (SSSR count). The monoisotopic (exact) mass is 1090 g/mol. The molecule has 408 valence electrons. The van der Waals surface area contributed by atoms with Gasteiger partial charge in [-0.15, -0.1) is 11.3 Å². The lowest BCUT2D eigenvalue weighted by Crippen LogP contribution is -2.62. The van der Waals surface area contributed by atoms with Gasteiger partial charge in [-0.25, -0.2) is 0 Å². The van der Waals surface area contributed by atoms with Crippen LogP contribution in [-0.2, 0) is 32.5 Å². The summed E-state index contributed by atoms with van der Waals surface area (Å²) < 4.78 is 2.60. The number of fused-ring (bicyclic) bond motifs is 13. The largest absolute Gasteiger partial charge is 0.376 e. The minimum absolute atomic E-state index is 0.00126. The van der Waals surface area contributed by atoms with E-state index in [0.717, 1.165) is 36.3 Å². The Morgan fingerprint density at radius 2 is 1.01 bits per heavy atom. The van der Waals surface area contributed by atoms with Gasteiger partial charge in [-0.05, 0) is 210 Å². The predicted molar refractivity (Wildman–Crippen MR) is 355 cm³/mol. The molecule has 0 atom stereocenters. The van der Waals surface area contributed by atoms with Crippen LogP contribution in [0.4, 0.5) is 45.5 Å². The van der Waals surface area contributed by atoms with Crippen molar-refractivity contribution < 1.29 is 0 Å². The Kier molecular flexibility index (Phi) is 10.9. The number of nitrogens with zero attached hydrogens (tertiary/aromatic N) is 3. The van der Waals surface area contributed by atoms with Crippen molar-refractivity contribution in [3.8, 4) is 22.3 Å². The van der Waals surface area contributed by atoms with Crippen molar-refractivity contribution in [3.63, 3.8) is 0 Å². The van der Waals surface area contributed by atoms with Crippen LogP contribution < -0.4 is 25.5 Å². The molecule has 0 bridgehead atoms. The molecule has 0 fully saturated rings. The number of rotatable bonds is 5. The maximum Gasteiger partial charge on any atom is 0.333 e. The van der Waals surface area contributed by atoms with Gasteiger partial charge in [0.2, 0.25) is 0 Å². The van der Waals surface area contributed by atoms with Gasteiger partial charge in [-0.1, -0.05) is 175 Å². The van der Waals surface area contributed by atoms with E-state index in [4.69, 9.17) is 0 Å². The normalized spacial score (nSPS) is 18.0. The lowest BCUT2D eigenvalue weighted by molar-refractivity contribution is 0.332. The SMILES string of the molecule is CC(C)(C)c1ccc(N2B3c4cc5c(cc4N(c4ccc6c(c4)C(C)(C)CCC6(C)C)c4cc6c(c(c43)-c3cc4c(cc32)sc2ccc(N(c3ccccc3)c3ccccc3)cc24)C(C)(C)c2ccccc2-6)C(C)(C)CCC5(C)C)cc1. The second-order valence-corrected chi connectivity index (χ2v) is 30.1. The number of hydrogen-bond donors (Lipinski definition) is 0. The molecule has 1 aromatic heterocycles. The third-order valence-corrected chi connectivity index (χ3v) is 21.8. The standard InChI is InChI=1S/C77H76BN3S/c1-72(2,3)47-28-30-50(31-29-47)81-64-46-68-55(54-40-51(33-35-67(54)82-68)79(48-22-16-14-17-23-48)49-24-18-15-19-25-49)42-57(64)69-70-56(53-26-20-21-27-58(53)77(70,12)13)43-66-71(69)78(81)63-44-61-62(76(10,11)39-38-75(61,8)9)45-65(63)80(66)52-32-34-59-60(41-52)74(6,7)37-36-73(59,4)5/h14-35,40-46H,36-39H2,1-13H3. The first-order valence-corrected chi connectivity index (χ1v) is 31.1. The Hall–Kier alpha value is -7.34. The highest BCUT2D eigenvalue weighted by molar-refractivity contribution is 7.25. The zero-order chi connectivity index (χ0) is 56.8. The van der Waals surface area contributed by atoms with E-state index in [-0.39, 0.29) is 39.3 Å². The Bertz CT molecular complexity index is 4260. The predicted octanol–water partition coefficient (Wildman–Crippen LogP) is 20.5. The smallest absolute Gasteiger partial charge is 0.333 e. The van der Waals surface area contributed by atoms with E-state index in [9.17, 15) is 0 Å². The van der Waals surface area contributed by atoms with Gasteiger partial charge in [0.15, 0.2) is 0 Å². The Balaban J connectivity index is 1.09. The van der Waals surface area contributed by atoms with E-state index < -0.39 is 0 Å². The van der Waals surface area contributed by atoms with Crippen molar-refractivity contribution in [1.29, 1.82) is 0 Å². The third-order valence-electron chi connectivity index (χ3n) is 20.7. The molecule has 10 aromatic rings. The van der Waals surface area contributed by atoms with Gasteiger partial charge in [0, 0.05) is 76.6 Å². The Morgan fingerprint density at radius 1 is 0.439 bits per heavy atom. The van der Waals surface area contributed by atoms with Crippen LogP contribution in [-0.4, -0.2) is 6.85 Å². The number of para-hydroxylation sites is 2. The van der Waals surface area contributed by atoms with Crippen LogP contribution in [0.1, 0.15) is 155 Å². The molecule has 0 N–H and O–H groups in total. The van der Waals surface area contributed by atoms with Gasteiger partial charge in [0.25, 0.3) is 0 Å². The molecule has 0 spiro atoms. The lowest BCUT2D eigenvalue weighted by atomic mass is 9.42. The first-order valence-electron chi connectivity index (χ1n) is 30.3. The fraction of sp³-hybridized carbons (Fsp3) is 0.299. The van der Waals surface area contributed by atoms with Crippen LogP contribution in [0.25, 0.3) is 42.4 Å². The van der Waals surface area contributed by atoms with E-state index in [0.29, 0.717) is 0 Å². The summed E-state index contributed by atoms with van der Waals surface area (Å²) in [6, 6.07) is 68.8. The molecule has 82 heavy (non-hydrogen) atoms.